The minimum atomic E-state index is -0.585. The van der Waals surface area contributed by atoms with Crippen molar-refractivity contribution in [2.24, 2.45) is 0 Å². The Hall–Kier alpha value is -1.80. The number of nitrogens with zero attached hydrogens (tertiary/aromatic N) is 3. The fourth-order valence-corrected chi connectivity index (χ4v) is 2.71. The molecule has 1 aliphatic rings. The van der Waals surface area contributed by atoms with E-state index in [9.17, 15) is 9.65 Å². The fraction of sp³-hybridized carbons (Fsp3) is 0.267. The van der Waals surface area contributed by atoms with Crippen LogP contribution in [0.3, 0.4) is 0 Å². The Morgan fingerprint density at radius 3 is 2.75 bits per heavy atom. The molecule has 0 atom stereocenters. The zero-order valence-corrected chi connectivity index (χ0v) is 12.2. The van der Waals surface area contributed by atoms with Crippen molar-refractivity contribution < 1.29 is 4.39 Å². The lowest BCUT2D eigenvalue weighted by atomic mass is 9.69. The minimum absolute atomic E-state index is 0.336. The van der Waals surface area contributed by atoms with Crippen molar-refractivity contribution in [3.8, 4) is 17.3 Å². The molecule has 3 rings (SSSR count). The van der Waals surface area contributed by atoms with E-state index in [4.69, 9.17) is 0 Å². The van der Waals surface area contributed by atoms with Crippen molar-refractivity contribution in [3.63, 3.8) is 0 Å². The number of hydrogen-bond acceptors (Lipinski definition) is 3. The van der Waals surface area contributed by atoms with Gasteiger partial charge in [0.1, 0.15) is 17.1 Å². The molecule has 0 saturated heterocycles. The summed E-state index contributed by atoms with van der Waals surface area (Å²) in [6.45, 7) is 0. The summed E-state index contributed by atoms with van der Waals surface area (Å²) in [6.07, 6.45) is 4.14. The van der Waals surface area contributed by atoms with Gasteiger partial charge in [-0.25, -0.2) is 14.4 Å². The molecule has 1 aliphatic carbocycles. The predicted molar refractivity (Wildman–Crippen MR) is 76.3 cm³/mol. The maximum Gasteiger partial charge on any atom is 0.149 e. The maximum atomic E-state index is 13.9. The van der Waals surface area contributed by atoms with Crippen LogP contribution in [-0.2, 0) is 5.41 Å². The average Bonchev–Trinajstić information content (AvgIpc) is 2.41. The number of halogens is 2. The smallest absolute Gasteiger partial charge is 0.149 e. The molecule has 0 unspecified atom stereocenters. The highest BCUT2D eigenvalue weighted by atomic mass is 79.9. The van der Waals surface area contributed by atoms with Gasteiger partial charge in [0, 0.05) is 16.2 Å². The number of hydrogen-bond donors (Lipinski definition) is 0. The largest absolute Gasteiger partial charge is 0.240 e. The summed E-state index contributed by atoms with van der Waals surface area (Å²) in [5.41, 5.74) is 0.337. The highest BCUT2D eigenvalue weighted by molar-refractivity contribution is 9.10. The lowest BCUT2D eigenvalue weighted by Crippen LogP contribution is -2.34. The Balaban J connectivity index is 2.08. The highest BCUT2D eigenvalue weighted by Gasteiger charge is 2.42. The molecule has 100 valence electrons. The van der Waals surface area contributed by atoms with Gasteiger partial charge in [-0.1, -0.05) is 15.9 Å². The van der Waals surface area contributed by atoms with E-state index in [-0.39, 0.29) is 5.82 Å². The van der Waals surface area contributed by atoms with E-state index in [1.54, 1.807) is 24.4 Å². The fourth-order valence-electron chi connectivity index (χ4n) is 2.35. The number of nitriles is 1. The van der Waals surface area contributed by atoms with E-state index < -0.39 is 5.41 Å². The first-order valence-corrected chi connectivity index (χ1v) is 7.14. The van der Waals surface area contributed by atoms with Gasteiger partial charge in [0.05, 0.1) is 11.8 Å². The summed E-state index contributed by atoms with van der Waals surface area (Å²) in [7, 11) is 0. The lowest BCUT2D eigenvalue weighted by Gasteiger charge is -2.33. The van der Waals surface area contributed by atoms with Gasteiger partial charge in [0.2, 0.25) is 0 Å². The summed E-state index contributed by atoms with van der Waals surface area (Å²) in [5.74, 6) is 0.167. The van der Waals surface area contributed by atoms with Gasteiger partial charge in [0.25, 0.3) is 0 Å². The molecule has 1 aromatic carbocycles. The third-order valence-electron chi connectivity index (χ3n) is 3.71. The van der Waals surface area contributed by atoms with Crippen molar-refractivity contribution in [1.82, 2.24) is 9.97 Å². The van der Waals surface area contributed by atoms with Crippen molar-refractivity contribution in [1.29, 1.82) is 5.26 Å². The molecule has 2 aromatic rings. The molecule has 1 aromatic heterocycles. The molecule has 3 nitrogen and oxygen atoms in total. The normalized spacial score (nSPS) is 16.2. The second-order valence-electron chi connectivity index (χ2n) is 4.94. The molecular weight excluding hydrogens is 321 g/mol. The first kappa shape index (κ1) is 13.2. The summed E-state index contributed by atoms with van der Waals surface area (Å²) < 4.78 is 14.7. The van der Waals surface area contributed by atoms with E-state index in [2.05, 4.69) is 32.0 Å². The van der Waals surface area contributed by atoms with Crippen LogP contribution < -0.4 is 0 Å². The summed E-state index contributed by atoms with van der Waals surface area (Å²) >= 11 is 3.33. The molecule has 0 amide bonds. The molecule has 0 spiro atoms. The summed E-state index contributed by atoms with van der Waals surface area (Å²) in [6, 6.07) is 8.69. The van der Waals surface area contributed by atoms with Crippen LogP contribution in [0.4, 0.5) is 4.39 Å². The van der Waals surface area contributed by atoms with E-state index >= 15 is 0 Å². The Kier molecular flexibility index (Phi) is 3.27. The molecule has 0 radical (unpaired) electrons. The zero-order chi connectivity index (χ0) is 14.2. The molecule has 0 aliphatic heterocycles. The Labute approximate surface area is 124 Å². The first-order chi connectivity index (χ1) is 9.64. The van der Waals surface area contributed by atoms with Gasteiger partial charge in [0.15, 0.2) is 0 Å². The lowest BCUT2D eigenvalue weighted by molar-refractivity contribution is 0.307. The SMILES string of the molecule is N#CC1(c2nccc(-c3cc(Br)ccc3F)n2)CCC1. The molecule has 0 bridgehead atoms. The van der Waals surface area contributed by atoms with E-state index in [0.29, 0.717) is 17.1 Å². The maximum absolute atomic E-state index is 13.9. The average molecular weight is 332 g/mol. The van der Waals surface area contributed by atoms with Gasteiger partial charge in [-0.15, -0.1) is 0 Å². The van der Waals surface area contributed by atoms with E-state index in [1.165, 1.54) is 6.07 Å². The number of benzene rings is 1. The molecule has 0 N–H and O–H groups in total. The van der Waals surface area contributed by atoms with Crippen LogP contribution in [0.2, 0.25) is 0 Å². The summed E-state index contributed by atoms with van der Waals surface area (Å²) in [4.78, 5) is 8.63. The standard InChI is InChI=1S/C15H11BrFN3/c16-10-2-3-12(17)11(8-10)13-4-7-19-14(20-13)15(9-18)5-1-6-15/h2-4,7-8H,1,5-6H2. The van der Waals surface area contributed by atoms with Crippen molar-refractivity contribution in [2.75, 3.05) is 0 Å². The summed E-state index contributed by atoms with van der Waals surface area (Å²) in [5, 5.41) is 9.34. The zero-order valence-electron chi connectivity index (χ0n) is 10.6. The van der Waals surface area contributed by atoms with Crippen LogP contribution in [-0.4, -0.2) is 9.97 Å². The van der Waals surface area contributed by atoms with Crippen LogP contribution in [0, 0.1) is 17.1 Å². The molecular formula is C15H11BrFN3. The van der Waals surface area contributed by atoms with Crippen molar-refractivity contribution in [3.05, 3.63) is 46.6 Å². The van der Waals surface area contributed by atoms with Crippen LogP contribution in [0.1, 0.15) is 25.1 Å². The van der Waals surface area contributed by atoms with Crippen LogP contribution in [0.25, 0.3) is 11.3 Å². The number of aromatic nitrogens is 2. The molecule has 1 fully saturated rings. The topological polar surface area (TPSA) is 49.6 Å². The van der Waals surface area contributed by atoms with Crippen molar-refractivity contribution >= 4 is 15.9 Å². The van der Waals surface area contributed by atoms with Crippen LogP contribution in [0.15, 0.2) is 34.9 Å². The monoisotopic (exact) mass is 331 g/mol. The van der Waals surface area contributed by atoms with Gasteiger partial charge < -0.3 is 0 Å². The first-order valence-electron chi connectivity index (χ1n) is 6.35. The van der Waals surface area contributed by atoms with Crippen LogP contribution in [0.5, 0.6) is 0 Å². The molecule has 5 heteroatoms. The molecule has 20 heavy (non-hydrogen) atoms. The quantitative estimate of drug-likeness (QED) is 0.835. The van der Waals surface area contributed by atoms with E-state index in [0.717, 1.165) is 23.7 Å². The molecule has 1 heterocycles. The van der Waals surface area contributed by atoms with E-state index in [1.807, 2.05) is 0 Å². The van der Waals surface area contributed by atoms with Gasteiger partial charge in [-0.05, 0) is 43.5 Å². The Bertz CT molecular complexity index is 705. The Morgan fingerprint density at radius 2 is 2.10 bits per heavy atom. The third kappa shape index (κ3) is 2.10. The third-order valence-corrected chi connectivity index (χ3v) is 4.20. The van der Waals surface area contributed by atoms with Gasteiger partial charge in [-0.2, -0.15) is 5.26 Å². The van der Waals surface area contributed by atoms with Crippen molar-refractivity contribution in [2.45, 2.75) is 24.7 Å². The highest BCUT2D eigenvalue weighted by Crippen LogP contribution is 2.41. The number of rotatable bonds is 2. The van der Waals surface area contributed by atoms with Gasteiger partial charge >= 0.3 is 0 Å². The second-order valence-corrected chi connectivity index (χ2v) is 5.85. The van der Waals surface area contributed by atoms with Crippen LogP contribution >= 0.6 is 15.9 Å². The Morgan fingerprint density at radius 1 is 1.30 bits per heavy atom. The second kappa shape index (κ2) is 4.95. The predicted octanol–water partition coefficient (Wildman–Crippen LogP) is 3.99. The van der Waals surface area contributed by atoms with Gasteiger partial charge in [-0.3, -0.25) is 0 Å². The minimum Gasteiger partial charge on any atom is -0.240 e. The molecule has 1 saturated carbocycles.